The highest BCUT2D eigenvalue weighted by Gasteiger charge is 2.39. The normalized spacial score (nSPS) is 27.1. The number of piperidine rings is 1. The fourth-order valence-corrected chi connectivity index (χ4v) is 3.08. The minimum Gasteiger partial charge on any atom is -0.469 e. The van der Waals surface area contributed by atoms with Gasteiger partial charge in [0, 0.05) is 31.8 Å². The van der Waals surface area contributed by atoms with Gasteiger partial charge in [-0.25, -0.2) is 8.78 Å². The van der Waals surface area contributed by atoms with Crippen LogP contribution in [0.15, 0.2) is 0 Å². The number of methoxy groups -OCH3 is 1. The lowest BCUT2D eigenvalue weighted by molar-refractivity contribution is -0.150. The summed E-state index contributed by atoms with van der Waals surface area (Å²) in [5, 5.41) is 0. The van der Waals surface area contributed by atoms with E-state index in [1.807, 2.05) is 0 Å². The van der Waals surface area contributed by atoms with Crippen LogP contribution in [0.4, 0.5) is 8.78 Å². The van der Waals surface area contributed by atoms with Gasteiger partial charge in [0.05, 0.1) is 13.0 Å². The van der Waals surface area contributed by atoms with E-state index in [1.165, 1.54) is 7.11 Å². The first kappa shape index (κ1) is 15.2. The van der Waals surface area contributed by atoms with Crippen LogP contribution in [0.2, 0.25) is 0 Å². The van der Waals surface area contributed by atoms with E-state index in [0.717, 1.165) is 12.8 Å². The Kier molecular flexibility index (Phi) is 4.60. The zero-order valence-corrected chi connectivity index (χ0v) is 11.7. The molecule has 1 aliphatic carbocycles. The quantitative estimate of drug-likeness (QED) is 0.732. The molecule has 0 spiro atoms. The largest absolute Gasteiger partial charge is 0.469 e. The minimum absolute atomic E-state index is 0.0749. The van der Waals surface area contributed by atoms with Gasteiger partial charge in [-0.1, -0.05) is 0 Å². The second-order valence-corrected chi connectivity index (χ2v) is 5.78. The molecule has 4 nitrogen and oxygen atoms in total. The topological polar surface area (TPSA) is 46.6 Å². The van der Waals surface area contributed by atoms with Crippen LogP contribution in [0.3, 0.4) is 0 Å². The van der Waals surface area contributed by atoms with Crippen LogP contribution in [-0.4, -0.2) is 42.9 Å². The molecule has 20 heavy (non-hydrogen) atoms. The SMILES string of the molecule is COC(=O)[C@H]1CCCN(C(=O)C2CCC(F)(F)CC2)C1. The number of halogens is 2. The van der Waals surface area contributed by atoms with Gasteiger partial charge in [0.25, 0.3) is 0 Å². The van der Waals surface area contributed by atoms with Crippen molar-refractivity contribution < 1.29 is 23.1 Å². The van der Waals surface area contributed by atoms with Crippen molar-refractivity contribution in [1.29, 1.82) is 0 Å². The van der Waals surface area contributed by atoms with Crippen LogP contribution in [0.25, 0.3) is 0 Å². The van der Waals surface area contributed by atoms with E-state index in [0.29, 0.717) is 13.1 Å². The lowest BCUT2D eigenvalue weighted by Gasteiger charge is -2.36. The Balaban J connectivity index is 1.91. The molecule has 0 radical (unpaired) electrons. The third kappa shape index (κ3) is 3.46. The van der Waals surface area contributed by atoms with Gasteiger partial charge < -0.3 is 9.64 Å². The van der Waals surface area contributed by atoms with Crippen LogP contribution in [0, 0.1) is 11.8 Å². The number of hydrogen-bond donors (Lipinski definition) is 0. The summed E-state index contributed by atoms with van der Waals surface area (Å²) in [6, 6.07) is 0. The molecule has 2 fully saturated rings. The number of carbonyl (C=O) groups is 2. The van der Waals surface area contributed by atoms with Crippen molar-refractivity contribution in [2.24, 2.45) is 11.8 Å². The van der Waals surface area contributed by atoms with Crippen molar-refractivity contribution >= 4 is 11.9 Å². The molecule has 1 amide bonds. The van der Waals surface area contributed by atoms with Gasteiger partial charge in [0.15, 0.2) is 0 Å². The Morgan fingerprint density at radius 3 is 2.40 bits per heavy atom. The number of likely N-dealkylation sites (tertiary alicyclic amines) is 1. The molecule has 0 bridgehead atoms. The van der Waals surface area contributed by atoms with Crippen LogP contribution < -0.4 is 0 Å². The summed E-state index contributed by atoms with van der Waals surface area (Å²) in [6.07, 6.45) is 1.54. The van der Waals surface area contributed by atoms with E-state index < -0.39 is 5.92 Å². The first-order valence-corrected chi connectivity index (χ1v) is 7.17. The number of nitrogens with zero attached hydrogens (tertiary/aromatic N) is 1. The van der Waals surface area contributed by atoms with Gasteiger partial charge in [-0.2, -0.15) is 0 Å². The number of rotatable bonds is 2. The molecule has 1 heterocycles. The molecule has 1 saturated heterocycles. The van der Waals surface area contributed by atoms with E-state index in [1.54, 1.807) is 4.90 Å². The van der Waals surface area contributed by atoms with E-state index >= 15 is 0 Å². The Morgan fingerprint density at radius 2 is 1.80 bits per heavy atom. The summed E-state index contributed by atoms with van der Waals surface area (Å²) in [7, 11) is 1.34. The predicted octanol–water partition coefficient (Wildman–Crippen LogP) is 2.22. The Morgan fingerprint density at radius 1 is 1.15 bits per heavy atom. The third-order valence-electron chi connectivity index (χ3n) is 4.33. The molecule has 2 rings (SSSR count). The molecular weight excluding hydrogens is 268 g/mol. The van der Waals surface area contributed by atoms with Crippen LogP contribution >= 0.6 is 0 Å². The summed E-state index contributed by atoms with van der Waals surface area (Å²) >= 11 is 0. The predicted molar refractivity (Wildman–Crippen MR) is 68.2 cm³/mol. The van der Waals surface area contributed by atoms with E-state index in [2.05, 4.69) is 0 Å². The van der Waals surface area contributed by atoms with Gasteiger partial charge in [-0.3, -0.25) is 9.59 Å². The van der Waals surface area contributed by atoms with Crippen molar-refractivity contribution in [2.75, 3.05) is 20.2 Å². The maximum Gasteiger partial charge on any atom is 0.310 e. The molecule has 6 heteroatoms. The third-order valence-corrected chi connectivity index (χ3v) is 4.33. The van der Waals surface area contributed by atoms with Crippen molar-refractivity contribution in [1.82, 2.24) is 4.90 Å². The summed E-state index contributed by atoms with van der Waals surface area (Å²) in [4.78, 5) is 25.5. The highest BCUT2D eigenvalue weighted by molar-refractivity contribution is 5.80. The number of ether oxygens (including phenoxy) is 1. The lowest BCUT2D eigenvalue weighted by atomic mass is 9.85. The zero-order valence-electron chi connectivity index (χ0n) is 11.7. The maximum absolute atomic E-state index is 13.1. The standard InChI is InChI=1S/C14H21F2NO3/c1-20-13(19)11-3-2-8-17(9-11)12(18)10-4-6-14(15,16)7-5-10/h10-11H,2-9H2,1H3/t11-/m0/s1. The number of esters is 1. The van der Waals surface area contributed by atoms with Gasteiger partial charge in [0.1, 0.15) is 0 Å². The van der Waals surface area contributed by atoms with Gasteiger partial charge >= 0.3 is 5.97 Å². The monoisotopic (exact) mass is 289 g/mol. The Labute approximate surface area is 117 Å². The van der Waals surface area contributed by atoms with Crippen LogP contribution in [0.1, 0.15) is 38.5 Å². The van der Waals surface area contributed by atoms with E-state index in [9.17, 15) is 18.4 Å². The highest BCUT2D eigenvalue weighted by Crippen LogP contribution is 2.37. The highest BCUT2D eigenvalue weighted by atomic mass is 19.3. The fraction of sp³-hybridized carbons (Fsp3) is 0.857. The first-order chi connectivity index (χ1) is 9.43. The summed E-state index contributed by atoms with van der Waals surface area (Å²) in [5.74, 6) is -3.58. The maximum atomic E-state index is 13.1. The second kappa shape index (κ2) is 6.06. The van der Waals surface area contributed by atoms with Crippen molar-refractivity contribution in [3.63, 3.8) is 0 Å². The number of amides is 1. The Hall–Kier alpha value is -1.20. The van der Waals surface area contributed by atoms with Crippen molar-refractivity contribution in [3.8, 4) is 0 Å². The number of carbonyl (C=O) groups excluding carboxylic acids is 2. The molecule has 2 aliphatic rings. The van der Waals surface area contributed by atoms with Gasteiger partial charge in [-0.05, 0) is 25.7 Å². The minimum atomic E-state index is -2.62. The molecular formula is C14H21F2NO3. The molecule has 0 aromatic rings. The number of hydrogen-bond acceptors (Lipinski definition) is 3. The second-order valence-electron chi connectivity index (χ2n) is 5.78. The molecule has 0 aromatic carbocycles. The van der Waals surface area contributed by atoms with Crippen LogP contribution in [-0.2, 0) is 14.3 Å². The molecule has 0 N–H and O–H groups in total. The average molecular weight is 289 g/mol. The molecule has 114 valence electrons. The molecule has 1 saturated carbocycles. The zero-order chi connectivity index (χ0) is 14.8. The van der Waals surface area contributed by atoms with Crippen molar-refractivity contribution in [3.05, 3.63) is 0 Å². The summed E-state index contributed by atoms with van der Waals surface area (Å²) in [6.45, 7) is 0.970. The molecule has 0 unspecified atom stereocenters. The van der Waals surface area contributed by atoms with Crippen molar-refractivity contribution in [2.45, 2.75) is 44.4 Å². The lowest BCUT2D eigenvalue weighted by Crippen LogP contribution is -2.46. The van der Waals surface area contributed by atoms with Crippen LogP contribution in [0.5, 0.6) is 0 Å². The van der Waals surface area contributed by atoms with Gasteiger partial charge in [0.2, 0.25) is 11.8 Å². The Bertz CT molecular complexity index is 377. The smallest absolute Gasteiger partial charge is 0.310 e. The van der Waals surface area contributed by atoms with E-state index in [-0.39, 0.29) is 49.4 Å². The molecule has 1 aliphatic heterocycles. The summed E-state index contributed by atoms with van der Waals surface area (Å²) in [5.41, 5.74) is 0. The summed E-state index contributed by atoms with van der Waals surface area (Å²) < 4.78 is 30.9. The van der Waals surface area contributed by atoms with E-state index in [4.69, 9.17) is 4.74 Å². The van der Waals surface area contributed by atoms with Gasteiger partial charge in [-0.15, -0.1) is 0 Å². The number of alkyl halides is 2. The first-order valence-electron chi connectivity index (χ1n) is 7.17. The molecule has 1 atom stereocenters. The fourth-order valence-electron chi connectivity index (χ4n) is 3.08. The molecule has 0 aromatic heterocycles. The average Bonchev–Trinajstić information content (AvgIpc) is 2.46.